The van der Waals surface area contributed by atoms with Gasteiger partial charge in [0.25, 0.3) is 0 Å². The lowest BCUT2D eigenvalue weighted by Crippen LogP contribution is -2.54. The number of likely N-dealkylation sites (tertiary alicyclic amines) is 1. The zero-order valence-electron chi connectivity index (χ0n) is 17.6. The van der Waals surface area contributed by atoms with Gasteiger partial charge >= 0.3 is 6.09 Å². The van der Waals surface area contributed by atoms with Gasteiger partial charge in [0.05, 0.1) is 24.3 Å². The maximum Gasteiger partial charge on any atom is 0.410 e. The van der Waals surface area contributed by atoms with Gasteiger partial charge in [-0.1, -0.05) is 0 Å². The number of rotatable bonds is 3. The number of hydrogen-bond donors (Lipinski definition) is 0. The van der Waals surface area contributed by atoms with Crippen molar-refractivity contribution in [3.05, 3.63) is 30.9 Å². The van der Waals surface area contributed by atoms with Gasteiger partial charge in [0.2, 0.25) is 5.88 Å². The van der Waals surface area contributed by atoms with Gasteiger partial charge in [-0.05, 0) is 33.3 Å². The van der Waals surface area contributed by atoms with Crippen molar-refractivity contribution in [2.75, 3.05) is 6.54 Å². The zero-order valence-corrected chi connectivity index (χ0v) is 17.6. The molecule has 1 saturated carbocycles. The van der Waals surface area contributed by atoms with Crippen LogP contribution in [-0.4, -0.2) is 59.7 Å². The smallest absolute Gasteiger partial charge is 0.410 e. The summed E-state index contributed by atoms with van der Waals surface area (Å²) in [5, 5.41) is 8.59. The number of aryl methyl sites for hydroxylation is 1. The number of carbonyl (C=O) groups is 1. The van der Waals surface area contributed by atoms with Gasteiger partial charge in [0.15, 0.2) is 0 Å². The molecule has 0 aromatic carbocycles. The fourth-order valence-corrected chi connectivity index (χ4v) is 4.33. The highest BCUT2D eigenvalue weighted by atomic mass is 16.6. The van der Waals surface area contributed by atoms with Crippen LogP contribution in [0.3, 0.4) is 0 Å². The maximum absolute atomic E-state index is 12.5. The molecule has 0 radical (unpaired) electrons. The first-order chi connectivity index (χ1) is 14.3. The number of aromatic nitrogens is 5. The van der Waals surface area contributed by atoms with E-state index in [2.05, 4.69) is 10.2 Å². The second kappa shape index (κ2) is 6.72. The quantitative estimate of drug-likeness (QED) is 0.660. The largest absolute Gasteiger partial charge is 0.472 e. The molecule has 30 heavy (non-hydrogen) atoms. The molecule has 3 atom stereocenters. The Labute approximate surface area is 174 Å². The molecular formula is C21H26N6O3. The summed E-state index contributed by atoms with van der Waals surface area (Å²) in [4.78, 5) is 19.1. The molecule has 0 spiro atoms. The Morgan fingerprint density at radius 1 is 1.23 bits per heavy atom. The molecule has 158 valence electrons. The highest BCUT2D eigenvalue weighted by Gasteiger charge is 2.52. The van der Waals surface area contributed by atoms with Crippen LogP contribution in [0.4, 0.5) is 4.79 Å². The van der Waals surface area contributed by atoms with Gasteiger partial charge in [0, 0.05) is 43.7 Å². The fraction of sp³-hybridized carbons (Fsp3) is 0.524. The highest BCUT2D eigenvalue weighted by molar-refractivity contribution is 5.69. The van der Waals surface area contributed by atoms with Crippen molar-refractivity contribution < 1.29 is 14.3 Å². The Balaban J connectivity index is 1.34. The van der Waals surface area contributed by atoms with Gasteiger partial charge < -0.3 is 14.4 Å². The van der Waals surface area contributed by atoms with Crippen LogP contribution in [0.1, 0.15) is 33.6 Å². The molecule has 1 amide bonds. The molecule has 9 heteroatoms. The normalized spacial score (nSPS) is 23.3. The Bertz CT molecular complexity index is 1100. The second-order valence-electron chi connectivity index (χ2n) is 9.08. The Morgan fingerprint density at radius 3 is 2.80 bits per heavy atom. The van der Waals surface area contributed by atoms with Gasteiger partial charge in [0.1, 0.15) is 17.2 Å². The van der Waals surface area contributed by atoms with E-state index in [-0.39, 0.29) is 18.2 Å². The van der Waals surface area contributed by atoms with Crippen molar-refractivity contribution in [3.8, 4) is 17.1 Å². The van der Waals surface area contributed by atoms with Crippen LogP contribution in [-0.2, 0) is 11.8 Å². The number of fused-ring (bicyclic) bond motifs is 2. The summed E-state index contributed by atoms with van der Waals surface area (Å²) in [6.45, 7) is 6.38. The van der Waals surface area contributed by atoms with E-state index in [0.29, 0.717) is 18.3 Å². The van der Waals surface area contributed by atoms with Crippen molar-refractivity contribution >= 4 is 11.6 Å². The third kappa shape index (κ3) is 3.28. The Morgan fingerprint density at radius 2 is 2.07 bits per heavy atom. The average molecular weight is 410 g/mol. The molecular weight excluding hydrogens is 384 g/mol. The van der Waals surface area contributed by atoms with Crippen molar-refractivity contribution in [2.24, 2.45) is 13.0 Å². The SMILES string of the molecule is Cn1cc(-c2cn3nccc3c(OC3CC4[C@H]3CCN4C(=O)OC(C)(C)C)n2)cn1. The van der Waals surface area contributed by atoms with E-state index < -0.39 is 5.60 Å². The summed E-state index contributed by atoms with van der Waals surface area (Å²) < 4.78 is 15.4. The summed E-state index contributed by atoms with van der Waals surface area (Å²) in [7, 11) is 1.87. The minimum absolute atomic E-state index is 0.0257. The predicted octanol–water partition coefficient (Wildman–Crippen LogP) is 2.91. The number of carbonyl (C=O) groups excluding carboxylic acids is 1. The Kier molecular flexibility index (Phi) is 4.23. The minimum Gasteiger partial charge on any atom is -0.472 e. The summed E-state index contributed by atoms with van der Waals surface area (Å²) in [6.07, 6.45) is 8.78. The van der Waals surface area contributed by atoms with Crippen molar-refractivity contribution in [1.29, 1.82) is 0 Å². The van der Waals surface area contributed by atoms with E-state index in [1.165, 1.54) is 0 Å². The maximum atomic E-state index is 12.5. The standard InChI is InChI=1S/C21H26N6O3/c1-21(2,3)30-20(28)26-8-6-14-17(26)9-18(14)29-19-16-5-7-22-27(16)12-15(24-19)13-10-23-25(4)11-13/h5,7,10-12,14,17-18H,6,8-9H2,1-4H3/t14-,17?,18?/m1/s1. The predicted molar refractivity (Wildman–Crippen MR) is 109 cm³/mol. The van der Waals surface area contributed by atoms with Crippen molar-refractivity contribution in [2.45, 2.75) is 51.4 Å². The topological polar surface area (TPSA) is 86.8 Å². The summed E-state index contributed by atoms with van der Waals surface area (Å²) in [5.41, 5.74) is 2.00. The van der Waals surface area contributed by atoms with Crippen LogP contribution in [0.5, 0.6) is 5.88 Å². The number of nitrogens with zero attached hydrogens (tertiary/aromatic N) is 6. The van der Waals surface area contributed by atoms with E-state index in [4.69, 9.17) is 14.5 Å². The lowest BCUT2D eigenvalue weighted by Gasteiger charge is -2.42. The molecule has 2 fully saturated rings. The van der Waals surface area contributed by atoms with Gasteiger partial charge in [-0.2, -0.15) is 10.2 Å². The summed E-state index contributed by atoms with van der Waals surface area (Å²) >= 11 is 0. The first kappa shape index (κ1) is 18.9. The molecule has 1 aliphatic carbocycles. The van der Waals surface area contributed by atoms with Crippen LogP contribution in [0.25, 0.3) is 16.8 Å². The average Bonchev–Trinajstić information content (AvgIpc) is 3.36. The second-order valence-corrected chi connectivity index (χ2v) is 9.08. The molecule has 3 aromatic heterocycles. The van der Waals surface area contributed by atoms with E-state index in [1.54, 1.807) is 21.6 Å². The molecule has 5 rings (SSSR count). The molecule has 0 bridgehead atoms. The van der Waals surface area contributed by atoms with Gasteiger partial charge in [-0.25, -0.2) is 14.3 Å². The summed E-state index contributed by atoms with van der Waals surface area (Å²) in [5.74, 6) is 0.859. The molecule has 2 unspecified atom stereocenters. The number of hydrogen-bond acceptors (Lipinski definition) is 6. The van der Waals surface area contributed by atoms with Crippen LogP contribution in [0.15, 0.2) is 30.9 Å². The molecule has 1 aliphatic heterocycles. The fourth-order valence-electron chi connectivity index (χ4n) is 4.33. The molecule has 4 heterocycles. The lowest BCUT2D eigenvalue weighted by atomic mass is 9.77. The first-order valence-electron chi connectivity index (χ1n) is 10.3. The molecule has 0 N–H and O–H groups in total. The van der Waals surface area contributed by atoms with Crippen molar-refractivity contribution in [1.82, 2.24) is 29.3 Å². The summed E-state index contributed by atoms with van der Waals surface area (Å²) in [6, 6.07) is 2.07. The van der Waals surface area contributed by atoms with Crippen LogP contribution < -0.4 is 4.74 Å². The van der Waals surface area contributed by atoms with E-state index in [0.717, 1.165) is 29.6 Å². The van der Waals surface area contributed by atoms with Gasteiger partial charge in [-0.15, -0.1) is 0 Å². The monoisotopic (exact) mass is 410 g/mol. The first-order valence-corrected chi connectivity index (χ1v) is 10.3. The van der Waals surface area contributed by atoms with Crippen LogP contribution >= 0.6 is 0 Å². The molecule has 9 nitrogen and oxygen atoms in total. The van der Waals surface area contributed by atoms with E-state index in [1.807, 2.05) is 51.2 Å². The zero-order chi connectivity index (χ0) is 21.0. The molecule has 1 saturated heterocycles. The van der Waals surface area contributed by atoms with E-state index in [9.17, 15) is 4.79 Å². The Hall–Kier alpha value is -3.10. The van der Waals surface area contributed by atoms with Gasteiger partial charge in [-0.3, -0.25) is 4.68 Å². The third-order valence-electron chi connectivity index (χ3n) is 5.80. The number of ether oxygens (including phenoxy) is 2. The third-order valence-corrected chi connectivity index (χ3v) is 5.80. The van der Waals surface area contributed by atoms with E-state index >= 15 is 0 Å². The van der Waals surface area contributed by atoms with Crippen molar-refractivity contribution in [3.63, 3.8) is 0 Å². The van der Waals surface area contributed by atoms with Crippen LogP contribution in [0, 0.1) is 5.92 Å². The minimum atomic E-state index is -0.487. The molecule has 3 aromatic rings. The lowest BCUT2D eigenvalue weighted by molar-refractivity contribution is -0.0229. The highest BCUT2D eigenvalue weighted by Crippen LogP contribution is 2.43. The number of amides is 1. The van der Waals surface area contributed by atoms with Crippen LogP contribution in [0.2, 0.25) is 0 Å². The molecule has 2 aliphatic rings.